The molecule has 0 saturated heterocycles. The molecule has 1 N–H and O–H groups in total. The highest BCUT2D eigenvalue weighted by Crippen LogP contribution is 2.26. The average Bonchev–Trinajstić information content (AvgIpc) is 3.36. The lowest BCUT2D eigenvalue weighted by atomic mass is 10.2. The number of benzene rings is 1. The van der Waals surface area contributed by atoms with Crippen molar-refractivity contribution in [1.82, 2.24) is 15.3 Å². The Hall–Kier alpha value is -2.14. The summed E-state index contributed by atoms with van der Waals surface area (Å²) < 4.78 is 11.1. The topological polar surface area (TPSA) is 56.3 Å². The minimum absolute atomic E-state index is 0.365. The lowest BCUT2D eigenvalue weighted by Gasteiger charge is -2.13. The molecule has 1 saturated carbocycles. The number of nitrogens with zero attached hydrogens (tertiary/aromatic N) is 2. The van der Waals surface area contributed by atoms with Crippen LogP contribution in [0.4, 0.5) is 0 Å². The van der Waals surface area contributed by atoms with Crippen molar-refractivity contribution in [2.45, 2.75) is 32.0 Å². The van der Waals surface area contributed by atoms with Gasteiger partial charge in [-0.1, -0.05) is 0 Å². The van der Waals surface area contributed by atoms with E-state index in [1.54, 1.807) is 25.6 Å². The van der Waals surface area contributed by atoms with Gasteiger partial charge in [0.05, 0.1) is 7.11 Å². The predicted molar refractivity (Wildman–Crippen MR) is 79.2 cm³/mol. The molecule has 0 aliphatic heterocycles. The number of rotatable bonds is 7. The molecule has 0 amide bonds. The summed E-state index contributed by atoms with van der Waals surface area (Å²) in [4.78, 5) is 8.33. The zero-order valence-electron chi connectivity index (χ0n) is 12.1. The first-order valence-electron chi connectivity index (χ1n) is 7.14. The molecule has 5 heteroatoms. The van der Waals surface area contributed by atoms with Crippen molar-refractivity contribution >= 4 is 0 Å². The van der Waals surface area contributed by atoms with E-state index in [0.717, 1.165) is 23.6 Å². The molecule has 1 fully saturated rings. The second-order valence-electron chi connectivity index (χ2n) is 5.08. The number of nitrogens with one attached hydrogen (secondary N) is 1. The van der Waals surface area contributed by atoms with Crippen molar-refractivity contribution in [2.24, 2.45) is 0 Å². The van der Waals surface area contributed by atoms with Crippen LogP contribution in [0.15, 0.2) is 36.7 Å². The fraction of sp³-hybridized carbons (Fsp3) is 0.375. The Morgan fingerprint density at radius 3 is 2.76 bits per heavy atom. The monoisotopic (exact) mass is 285 g/mol. The van der Waals surface area contributed by atoms with Gasteiger partial charge in [0, 0.05) is 30.5 Å². The molecule has 1 aromatic heterocycles. The van der Waals surface area contributed by atoms with Crippen LogP contribution in [0, 0.1) is 0 Å². The number of hydrogen-bond acceptors (Lipinski definition) is 5. The molecule has 3 rings (SSSR count). The van der Waals surface area contributed by atoms with Crippen molar-refractivity contribution in [3.05, 3.63) is 48.0 Å². The van der Waals surface area contributed by atoms with E-state index < -0.39 is 0 Å². The van der Waals surface area contributed by atoms with Crippen LogP contribution in [0.5, 0.6) is 11.5 Å². The van der Waals surface area contributed by atoms with Gasteiger partial charge >= 0.3 is 0 Å². The van der Waals surface area contributed by atoms with Gasteiger partial charge < -0.3 is 14.8 Å². The van der Waals surface area contributed by atoms with E-state index in [4.69, 9.17) is 9.47 Å². The van der Waals surface area contributed by atoms with Crippen LogP contribution in [0.25, 0.3) is 0 Å². The molecule has 2 aromatic rings. The summed E-state index contributed by atoms with van der Waals surface area (Å²) in [6.07, 6.45) is 5.96. The first-order chi connectivity index (χ1) is 10.3. The number of hydrogen-bond donors (Lipinski definition) is 1. The van der Waals surface area contributed by atoms with Crippen molar-refractivity contribution in [2.75, 3.05) is 7.11 Å². The first-order valence-corrected chi connectivity index (χ1v) is 7.14. The highest BCUT2D eigenvalue weighted by atomic mass is 16.5. The Morgan fingerprint density at radius 1 is 1.24 bits per heavy atom. The molecule has 5 nitrogen and oxygen atoms in total. The van der Waals surface area contributed by atoms with Gasteiger partial charge in [-0.05, 0) is 37.1 Å². The second-order valence-corrected chi connectivity index (χ2v) is 5.08. The Labute approximate surface area is 124 Å². The van der Waals surface area contributed by atoms with E-state index in [9.17, 15) is 0 Å². The molecule has 1 aromatic carbocycles. The van der Waals surface area contributed by atoms with Gasteiger partial charge in [0.25, 0.3) is 0 Å². The largest absolute Gasteiger partial charge is 0.497 e. The highest BCUT2D eigenvalue weighted by molar-refractivity contribution is 5.40. The molecule has 21 heavy (non-hydrogen) atoms. The van der Waals surface area contributed by atoms with E-state index in [2.05, 4.69) is 15.3 Å². The normalized spacial score (nSPS) is 14.0. The maximum absolute atomic E-state index is 5.85. The molecule has 0 atom stereocenters. The van der Waals surface area contributed by atoms with E-state index in [1.165, 1.54) is 12.8 Å². The van der Waals surface area contributed by atoms with Gasteiger partial charge in [-0.3, -0.25) is 0 Å². The Morgan fingerprint density at radius 2 is 2.05 bits per heavy atom. The summed E-state index contributed by atoms with van der Waals surface area (Å²) >= 11 is 0. The molecular weight excluding hydrogens is 266 g/mol. The van der Waals surface area contributed by atoms with Gasteiger partial charge in [0.15, 0.2) is 5.82 Å². The van der Waals surface area contributed by atoms with E-state index in [0.29, 0.717) is 18.5 Å². The molecule has 0 bridgehead atoms. The van der Waals surface area contributed by atoms with Crippen LogP contribution in [-0.4, -0.2) is 23.1 Å². The molecule has 1 heterocycles. The minimum atomic E-state index is 0.365. The van der Waals surface area contributed by atoms with Crippen LogP contribution in [0.2, 0.25) is 0 Å². The van der Waals surface area contributed by atoms with Gasteiger partial charge in [0.1, 0.15) is 18.1 Å². The number of ether oxygens (including phenoxy) is 2. The first kappa shape index (κ1) is 13.8. The third-order valence-electron chi connectivity index (χ3n) is 3.40. The minimum Gasteiger partial charge on any atom is -0.497 e. The molecule has 1 aliphatic rings. The van der Waals surface area contributed by atoms with Crippen molar-refractivity contribution < 1.29 is 9.47 Å². The van der Waals surface area contributed by atoms with E-state index in [-0.39, 0.29) is 0 Å². The van der Waals surface area contributed by atoms with Crippen LogP contribution in [0.3, 0.4) is 0 Å². The van der Waals surface area contributed by atoms with Crippen molar-refractivity contribution in [3.8, 4) is 11.5 Å². The van der Waals surface area contributed by atoms with Crippen molar-refractivity contribution in [1.29, 1.82) is 0 Å². The summed E-state index contributed by atoms with van der Waals surface area (Å²) in [5, 5.41) is 3.50. The number of methoxy groups -OCH3 is 1. The zero-order chi connectivity index (χ0) is 14.5. The standard InChI is InChI=1S/C16H19N3O2/c1-20-14-5-6-15(12(9-14)10-19-13-3-4-13)21-11-16-17-7-2-8-18-16/h2,5-9,13,19H,3-4,10-11H2,1H3. The lowest BCUT2D eigenvalue weighted by Crippen LogP contribution is -2.16. The van der Waals surface area contributed by atoms with E-state index in [1.807, 2.05) is 18.2 Å². The third-order valence-corrected chi connectivity index (χ3v) is 3.40. The predicted octanol–water partition coefficient (Wildman–Crippen LogP) is 2.32. The SMILES string of the molecule is COc1ccc(OCc2ncccn2)c(CNC2CC2)c1. The Kier molecular flexibility index (Phi) is 4.31. The van der Waals surface area contributed by atoms with Crippen molar-refractivity contribution in [3.63, 3.8) is 0 Å². The molecule has 1 aliphatic carbocycles. The maximum Gasteiger partial charge on any atom is 0.166 e. The smallest absolute Gasteiger partial charge is 0.166 e. The highest BCUT2D eigenvalue weighted by Gasteiger charge is 2.20. The summed E-state index contributed by atoms with van der Waals surface area (Å²) in [5.74, 6) is 2.36. The van der Waals surface area contributed by atoms with Crippen LogP contribution < -0.4 is 14.8 Å². The average molecular weight is 285 g/mol. The van der Waals surface area contributed by atoms with Gasteiger partial charge in [-0.2, -0.15) is 0 Å². The Bertz CT molecular complexity index is 585. The zero-order valence-corrected chi connectivity index (χ0v) is 12.1. The third kappa shape index (κ3) is 3.92. The molecule has 0 radical (unpaired) electrons. The van der Waals surface area contributed by atoms with Gasteiger partial charge in [-0.15, -0.1) is 0 Å². The molecule has 0 unspecified atom stereocenters. The summed E-state index contributed by atoms with van der Waals surface area (Å²) in [6.45, 7) is 1.15. The van der Waals surface area contributed by atoms with Crippen LogP contribution in [-0.2, 0) is 13.2 Å². The van der Waals surface area contributed by atoms with Crippen LogP contribution in [0.1, 0.15) is 24.2 Å². The van der Waals surface area contributed by atoms with E-state index >= 15 is 0 Å². The fourth-order valence-electron chi connectivity index (χ4n) is 2.05. The van der Waals surface area contributed by atoms with Gasteiger partial charge in [0.2, 0.25) is 0 Å². The summed E-state index contributed by atoms with van der Waals surface area (Å²) in [7, 11) is 1.67. The summed E-state index contributed by atoms with van der Waals surface area (Å²) in [6, 6.07) is 8.30. The number of aromatic nitrogens is 2. The molecule has 110 valence electrons. The molecular formula is C16H19N3O2. The fourth-order valence-corrected chi connectivity index (χ4v) is 2.05. The Balaban J connectivity index is 1.69. The second kappa shape index (κ2) is 6.54. The lowest BCUT2D eigenvalue weighted by molar-refractivity contribution is 0.291. The quantitative estimate of drug-likeness (QED) is 0.846. The maximum atomic E-state index is 5.85. The van der Waals surface area contributed by atoms with Gasteiger partial charge in [-0.25, -0.2) is 9.97 Å². The summed E-state index contributed by atoms with van der Waals surface area (Å²) in [5.41, 5.74) is 1.09. The van der Waals surface area contributed by atoms with Crippen LogP contribution >= 0.6 is 0 Å². The molecule has 0 spiro atoms.